The molecule has 1 N–H and O–H groups in total. The van der Waals surface area contributed by atoms with E-state index in [0.29, 0.717) is 23.1 Å². The van der Waals surface area contributed by atoms with Crippen LogP contribution in [-0.4, -0.2) is 22.2 Å². The van der Waals surface area contributed by atoms with E-state index in [4.69, 9.17) is 16.3 Å². The Bertz CT molecular complexity index is 872. The van der Waals surface area contributed by atoms with Crippen molar-refractivity contribution in [2.24, 2.45) is 0 Å². The van der Waals surface area contributed by atoms with E-state index in [-0.39, 0.29) is 11.6 Å². The molecule has 0 saturated heterocycles. The van der Waals surface area contributed by atoms with Crippen molar-refractivity contribution in [3.8, 4) is 17.0 Å². The molecule has 0 fully saturated rings. The van der Waals surface area contributed by atoms with Crippen LogP contribution in [0.3, 0.4) is 0 Å². The number of carboxylic acids is 1. The Morgan fingerprint density at radius 2 is 2.12 bits per heavy atom. The van der Waals surface area contributed by atoms with Gasteiger partial charge in [0, 0.05) is 23.9 Å². The Morgan fingerprint density at radius 3 is 2.75 bits per heavy atom. The van der Waals surface area contributed by atoms with Crippen molar-refractivity contribution in [1.82, 2.24) is 4.57 Å². The molecular formula is C18H18ClNO4. The van der Waals surface area contributed by atoms with Crippen LogP contribution in [0.25, 0.3) is 11.3 Å². The molecule has 1 aromatic heterocycles. The standard InChI is InChI=1S/C18H18ClNO4/c1-3-11-5-10-6-17(24-4-2)14(19)7-12(10)15-8-16(21)13(18(22)23)9-20(11)15/h6-9,11H,3-5H2,1-2H3,(H,22,23)/t11-/m0/s1. The Balaban J connectivity index is 2.24. The van der Waals surface area contributed by atoms with E-state index < -0.39 is 11.4 Å². The maximum atomic E-state index is 12.1. The Kier molecular flexibility index (Phi) is 4.37. The second-order valence-electron chi connectivity index (χ2n) is 5.79. The molecule has 0 radical (unpaired) electrons. The van der Waals surface area contributed by atoms with Gasteiger partial charge in [-0.3, -0.25) is 4.79 Å². The van der Waals surface area contributed by atoms with Crippen molar-refractivity contribution in [3.63, 3.8) is 0 Å². The largest absolute Gasteiger partial charge is 0.492 e. The second-order valence-corrected chi connectivity index (χ2v) is 6.20. The molecule has 0 unspecified atom stereocenters. The van der Waals surface area contributed by atoms with E-state index in [2.05, 4.69) is 0 Å². The van der Waals surface area contributed by atoms with Gasteiger partial charge in [-0.1, -0.05) is 18.5 Å². The number of ether oxygens (including phenoxy) is 1. The number of halogens is 1. The fourth-order valence-corrected chi connectivity index (χ4v) is 3.41. The van der Waals surface area contributed by atoms with Gasteiger partial charge < -0.3 is 14.4 Å². The van der Waals surface area contributed by atoms with Gasteiger partial charge in [0.15, 0.2) is 5.43 Å². The third-order valence-corrected chi connectivity index (χ3v) is 4.66. The lowest BCUT2D eigenvalue weighted by molar-refractivity contribution is 0.0694. The lowest BCUT2D eigenvalue weighted by Crippen LogP contribution is -2.25. The average Bonchev–Trinajstić information content (AvgIpc) is 2.54. The molecule has 1 atom stereocenters. The molecule has 1 aliphatic heterocycles. The highest BCUT2D eigenvalue weighted by Crippen LogP contribution is 2.40. The minimum Gasteiger partial charge on any atom is -0.492 e. The highest BCUT2D eigenvalue weighted by Gasteiger charge is 2.26. The average molecular weight is 348 g/mol. The SMILES string of the molecule is CCOc1cc2c(cc1Cl)-c1cc(=O)c(C(=O)O)cn1[C@@H](CC)C2. The van der Waals surface area contributed by atoms with E-state index in [0.717, 1.165) is 24.0 Å². The fraction of sp³-hybridized carbons (Fsp3) is 0.333. The number of aromatic nitrogens is 1. The second kappa shape index (κ2) is 6.32. The number of aromatic carboxylic acids is 1. The van der Waals surface area contributed by atoms with Crippen LogP contribution in [-0.2, 0) is 6.42 Å². The van der Waals surface area contributed by atoms with E-state index in [1.165, 1.54) is 12.3 Å². The van der Waals surface area contributed by atoms with E-state index >= 15 is 0 Å². The van der Waals surface area contributed by atoms with Gasteiger partial charge >= 0.3 is 5.97 Å². The topological polar surface area (TPSA) is 68.5 Å². The lowest BCUT2D eigenvalue weighted by atomic mass is 9.91. The van der Waals surface area contributed by atoms with Gasteiger partial charge in [0.2, 0.25) is 0 Å². The zero-order chi connectivity index (χ0) is 17.4. The zero-order valence-electron chi connectivity index (χ0n) is 13.5. The molecule has 0 bridgehead atoms. The van der Waals surface area contributed by atoms with Crippen molar-refractivity contribution in [2.75, 3.05) is 6.61 Å². The number of hydrogen-bond donors (Lipinski definition) is 1. The molecule has 24 heavy (non-hydrogen) atoms. The van der Waals surface area contributed by atoms with Gasteiger partial charge in [0.05, 0.1) is 17.3 Å². The van der Waals surface area contributed by atoms with Crippen LogP contribution in [0.4, 0.5) is 0 Å². The molecule has 0 aliphatic carbocycles. The number of hydrogen-bond acceptors (Lipinski definition) is 3. The monoisotopic (exact) mass is 347 g/mol. The third kappa shape index (κ3) is 2.69. The summed E-state index contributed by atoms with van der Waals surface area (Å²) >= 11 is 6.29. The number of carbonyl (C=O) groups is 1. The van der Waals surface area contributed by atoms with Crippen molar-refractivity contribution >= 4 is 17.6 Å². The lowest BCUT2D eigenvalue weighted by Gasteiger charge is -2.30. The molecule has 1 aromatic carbocycles. The summed E-state index contributed by atoms with van der Waals surface area (Å²) < 4.78 is 7.43. The summed E-state index contributed by atoms with van der Waals surface area (Å²) in [6.07, 6.45) is 3.00. The summed E-state index contributed by atoms with van der Waals surface area (Å²) in [7, 11) is 0. The quantitative estimate of drug-likeness (QED) is 0.914. The highest BCUT2D eigenvalue weighted by molar-refractivity contribution is 6.32. The number of carboxylic acid groups (broad SMARTS) is 1. The van der Waals surface area contributed by atoms with Gasteiger partial charge in [-0.15, -0.1) is 0 Å². The predicted octanol–water partition coefficient (Wildman–Crippen LogP) is 3.77. The van der Waals surface area contributed by atoms with E-state index in [1.54, 1.807) is 6.07 Å². The molecule has 0 saturated carbocycles. The van der Waals surface area contributed by atoms with Crippen molar-refractivity contribution in [3.05, 3.63) is 50.8 Å². The minimum absolute atomic E-state index is 0.0850. The first-order chi connectivity index (χ1) is 11.5. The summed E-state index contributed by atoms with van der Waals surface area (Å²) in [5, 5.41) is 9.69. The smallest absolute Gasteiger partial charge is 0.341 e. The molecular weight excluding hydrogens is 330 g/mol. The molecule has 3 rings (SSSR count). The molecule has 2 heterocycles. The van der Waals surface area contributed by atoms with Gasteiger partial charge in [0.1, 0.15) is 11.3 Å². The number of fused-ring (bicyclic) bond motifs is 3. The number of nitrogens with zero attached hydrogens (tertiary/aromatic N) is 1. The maximum Gasteiger partial charge on any atom is 0.341 e. The van der Waals surface area contributed by atoms with Crippen molar-refractivity contribution in [1.29, 1.82) is 0 Å². The first-order valence-corrected chi connectivity index (χ1v) is 8.29. The summed E-state index contributed by atoms with van der Waals surface area (Å²) in [5.41, 5.74) is 1.89. The first kappa shape index (κ1) is 16.6. The first-order valence-electron chi connectivity index (χ1n) is 7.91. The number of benzene rings is 1. The van der Waals surface area contributed by atoms with Crippen molar-refractivity contribution in [2.45, 2.75) is 32.7 Å². The van der Waals surface area contributed by atoms with Gasteiger partial charge in [0.25, 0.3) is 0 Å². The Labute approximate surface area is 144 Å². The minimum atomic E-state index is -1.21. The molecule has 6 heteroatoms. The fourth-order valence-electron chi connectivity index (χ4n) is 3.19. The van der Waals surface area contributed by atoms with Crippen LogP contribution < -0.4 is 10.2 Å². The molecule has 5 nitrogen and oxygen atoms in total. The number of pyridine rings is 1. The Hall–Kier alpha value is -2.27. The molecule has 0 amide bonds. The predicted molar refractivity (Wildman–Crippen MR) is 92.3 cm³/mol. The summed E-state index contributed by atoms with van der Waals surface area (Å²) in [4.78, 5) is 23.4. The Morgan fingerprint density at radius 1 is 1.38 bits per heavy atom. The highest BCUT2D eigenvalue weighted by atomic mass is 35.5. The molecule has 0 spiro atoms. The maximum absolute atomic E-state index is 12.1. The van der Waals surface area contributed by atoms with Gasteiger partial charge in [-0.2, -0.15) is 0 Å². The number of rotatable bonds is 4. The van der Waals surface area contributed by atoms with Gasteiger partial charge in [-0.05, 0) is 37.5 Å². The van der Waals surface area contributed by atoms with Crippen molar-refractivity contribution < 1.29 is 14.6 Å². The van der Waals surface area contributed by atoms with Crippen LogP contribution in [0.1, 0.15) is 42.2 Å². The van der Waals surface area contributed by atoms with Crippen LogP contribution in [0, 0.1) is 0 Å². The molecule has 2 aromatic rings. The zero-order valence-corrected chi connectivity index (χ0v) is 14.3. The molecule has 1 aliphatic rings. The van der Waals surface area contributed by atoms with E-state index in [1.807, 2.05) is 24.5 Å². The summed E-state index contributed by atoms with van der Waals surface area (Å²) in [6, 6.07) is 5.19. The summed E-state index contributed by atoms with van der Waals surface area (Å²) in [5.74, 6) is -0.577. The van der Waals surface area contributed by atoms with E-state index in [9.17, 15) is 14.7 Å². The summed E-state index contributed by atoms with van der Waals surface area (Å²) in [6.45, 7) is 4.46. The third-order valence-electron chi connectivity index (χ3n) is 4.36. The van der Waals surface area contributed by atoms with Gasteiger partial charge in [-0.25, -0.2) is 4.79 Å². The normalized spacial score (nSPS) is 15.5. The van der Waals surface area contributed by atoms with Crippen LogP contribution in [0.15, 0.2) is 29.2 Å². The van der Waals surface area contributed by atoms with Crippen LogP contribution in [0.5, 0.6) is 5.75 Å². The molecule has 126 valence electrons. The van der Waals surface area contributed by atoms with Crippen LogP contribution >= 0.6 is 11.6 Å². The van der Waals surface area contributed by atoms with Crippen LogP contribution in [0.2, 0.25) is 5.02 Å².